The van der Waals surface area contributed by atoms with Crippen LogP contribution in [0.2, 0.25) is 0 Å². The van der Waals surface area contributed by atoms with E-state index < -0.39 is 0 Å². The van der Waals surface area contributed by atoms with E-state index in [-0.39, 0.29) is 0 Å². The van der Waals surface area contributed by atoms with Gasteiger partial charge in [0.05, 0.1) is 11.4 Å². The highest BCUT2D eigenvalue weighted by Crippen LogP contribution is 2.25. The first kappa shape index (κ1) is 9.41. The molecule has 0 fully saturated rings. The Hall–Kier alpha value is -2.62. The number of para-hydroxylation sites is 1. The number of H-pyrrole nitrogens is 2. The van der Waals surface area contributed by atoms with E-state index in [2.05, 4.69) is 38.1 Å². The molecule has 0 bridgehead atoms. The first-order valence-electron chi connectivity index (χ1n) is 5.78. The molecular weight excluding hydrogens is 224 g/mol. The van der Waals surface area contributed by atoms with Crippen molar-refractivity contribution in [2.45, 2.75) is 0 Å². The van der Waals surface area contributed by atoms with Gasteiger partial charge in [0.25, 0.3) is 0 Å². The molecule has 0 spiro atoms. The Kier molecular flexibility index (Phi) is 1.80. The zero-order chi connectivity index (χ0) is 11.9. The molecule has 4 aromatic rings. The highest BCUT2D eigenvalue weighted by molar-refractivity contribution is 5.87. The Bertz CT molecular complexity index is 703. The van der Waals surface area contributed by atoms with Crippen molar-refractivity contribution < 1.29 is 0 Å². The third-order valence-corrected chi connectivity index (χ3v) is 3.08. The van der Waals surface area contributed by atoms with Gasteiger partial charge in [0, 0.05) is 23.3 Å². The minimum Gasteiger partial charge on any atom is -0.353 e. The van der Waals surface area contributed by atoms with Gasteiger partial charge in [0.2, 0.25) is 0 Å². The van der Waals surface area contributed by atoms with Gasteiger partial charge in [0.15, 0.2) is 5.65 Å². The Balaban J connectivity index is 1.95. The number of hydrogen-bond donors (Lipinski definition) is 2. The molecule has 2 N–H and O–H groups in total. The van der Waals surface area contributed by atoms with Crippen LogP contribution in [-0.4, -0.2) is 19.9 Å². The fourth-order valence-electron chi connectivity index (χ4n) is 2.21. The van der Waals surface area contributed by atoms with Crippen molar-refractivity contribution in [1.29, 1.82) is 0 Å². The molecule has 0 atom stereocenters. The van der Waals surface area contributed by atoms with E-state index >= 15 is 0 Å². The molecular formula is C14H10N4. The van der Waals surface area contributed by atoms with Crippen molar-refractivity contribution >= 4 is 22.1 Å². The molecule has 0 saturated heterocycles. The molecule has 4 rings (SSSR count). The van der Waals surface area contributed by atoms with Gasteiger partial charge in [-0.05, 0) is 18.2 Å². The van der Waals surface area contributed by atoms with Gasteiger partial charge >= 0.3 is 0 Å². The summed E-state index contributed by atoms with van der Waals surface area (Å²) in [7, 11) is 0. The molecule has 0 aliphatic carbocycles. The summed E-state index contributed by atoms with van der Waals surface area (Å²) in [5, 5.41) is 1.20. The largest absolute Gasteiger partial charge is 0.353 e. The number of benzene rings is 1. The lowest BCUT2D eigenvalue weighted by Crippen LogP contribution is -1.77. The average molecular weight is 234 g/mol. The highest BCUT2D eigenvalue weighted by atomic mass is 14.9. The topological polar surface area (TPSA) is 57.4 Å². The molecule has 0 aliphatic rings. The Morgan fingerprint density at radius 3 is 2.56 bits per heavy atom. The molecule has 86 valence electrons. The summed E-state index contributed by atoms with van der Waals surface area (Å²) < 4.78 is 0. The zero-order valence-electron chi connectivity index (χ0n) is 9.51. The molecule has 0 aliphatic heterocycles. The van der Waals surface area contributed by atoms with Gasteiger partial charge in [-0.15, -0.1) is 0 Å². The third kappa shape index (κ3) is 1.32. The normalized spacial score (nSPS) is 11.3. The Morgan fingerprint density at radius 2 is 1.67 bits per heavy atom. The van der Waals surface area contributed by atoms with Gasteiger partial charge in [0.1, 0.15) is 5.52 Å². The van der Waals surface area contributed by atoms with E-state index in [9.17, 15) is 0 Å². The molecule has 4 nitrogen and oxygen atoms in total. The number of rotatable bonds is 1. The second-order valence-electron chi connectivity index (χ2n) is 4.24. The summed E-state index contributed by atoms with van der Waals surface area (Å²) >= 11 is 0. The highest BCUT2D eigenvalue weighted by Gasteiger charge is 2.07. The minimum atomic E-state index is 0.811. The van der Waals surface area contributed by atoms with E-state index in [1.807, 2.05) is 18.2 Å². The molecule has 0 saturated carbocycles. The summed E-state index contributed by atoms with van der Waals surface area (Å²) in [5.41, 5.74) is 4.88. The Labute approximate surface area is 103 Å². The lowest BCUT2D eigenvalue weighted by Gasteiger charge is -1.90. The maximum atomic E-state index is 4.27. The van der Waals surface area contributed by atoms with Crippen LogP contribution >= 0.6 is 0 Å². The van der Waals surface area contributed by atoms with Crippen molar-refractivity contribution in [2.24, 2.45) is 0 Å². The number of aromatic amines is 2. The number of nitrogens with zero attached hydrogens (tertiary/aromatic N) is 2. The second-order valence-corrected chi connectivity index (χ2v) is 4.24. The fraction of sp³-hybridized carbons (Fsp3) is 0. The van der Waals surface area contributed by atoms with Crippen LogP contribution < -0.4 is 0 Å². The molecule has 0 radical (unpaired) electrons. The van der Waals surface area contributed by atoms with E-state index in [0.29, 0.717) is 0 Å². The summed E-state index contributed by atoms with van der Waals surface area (Å²) in [4.78, 5) is 15.2. The van der Waals surface area contributed by atoms with E-state index in [0.717, 1.165) is 28.1 Å². The molecule has 18 heavy (non-hydrogen) atoms. The third-order valence-electron chi connectivity index (χ3n) is 3.08. The van der Waals surface area contributed by atoms with Crippen LogP contribution in [0.25, 0.3) is 33.5 Å². The lowest BCUT2D eigenvalue weighted by molar-refractivity contribution is 1.26. The van der Waals surface area contributed by atoms with Gasteiger partial charge in [-0.1, -0.05) is 18.2 Å². The first-order chi connectivity index (χ1) is 8.90. The SMILES string of the molecule is c1ccc2[nH]c(-c3cc4nccnc4[nH]3)cc2c1. The quantitative estimate of drug-likeness (QED) is 0.531. The number of aromatic nitrogens is 4. The fourth-order valence-corrected chi connectivity index (χ4v) is 2.21. The number of fused-ring (bicyclic) bond motifs is 2. The van der Waals surface area contributed by atoms with Crippen LogP contribution in [0.15, 0.2) is 48.8 Å². The molecule has 3 aromatic heterocycles. The first-order valence-corrected chi connectivity index (χ1v) is 5.78. The van der Waals surface area contributed by atoms with Crippen LogP contribution in [0.3, 0.4) is 0 Å². The maximum Gasteiger partial charge on any atom is 0.156 e. The summed E-state index contributed by atoms with van der Waals surface area (Å²) in [5.74, 6) is 0. The van der Waals surface area contributed by atoms with Gasteiger partial charge < -0.3 is 9.97 Å². The minimum absolute atomic E-state index is 0.811. The smallest absolute Gasteiger partial charge is 0.156 e. The van der Waals surface area contributed by atoms with Crippen LogP contribution in [0, 0.1) is 0 Å². The molecule has 0 amide bonds. The zero-order valence-corrected chi connectivity index (χ0v) is 9.51. The summed E-state index contributed by atoms with van der Waals surface area (Å²) in [6.07, 6.45) is 3.39. The standard InChI is InChI=1S/C14H10N4/c1-2-4-10-9(3-1)7-11(17-10)12-8-13-14(18-12)16-6-5-15-13/h1-8,17H,(H,16,18). The summed E-state index contributed by atoms with van der Waals surface area (Å²) in [6, 6.07) is 12.4. The van der Waals surface area contributed by atoms with Crippen LogP contribution in [0.4, 0.5) is 0 Å². The van der Waals surface area contributed by atoms with Crippen LogP contribution in [0.5, 0.6) is 0 Å². The molecule has 0 unspecified atom stereocenters. The van der Waals surface area contributed by atoms with Crippen molar-refractivity contribution in [3.05, 3.63) is 48.8 Å². The van der Waals surface area contributed by atoms with Crippen LogP contribution in [-0.2, 0) is 0 Å². The maximum absolute atomic E-state index is 4.27. The van der Waals surface area contributed by atoms with E-state index in [4.69, 9.17) is 0 Å². The van der Waals surface area contributed by atoms with Gasteiger partial charge in [-0.25, -0.2) is 4.98 Å². The molecule has 3 heterocycles. The lowest BCUT2D eigenvalue weighted by atomic mass is 10.2. The molecule has 1 aromatic carbocycles. The molecule has 4 heteroatoms. The number of hydrogen-bond acceptors (Lipinski definition) is 2. The van der Waals surface area contributed by atoms with E-state index in [1.54, 1.807) is 12.4 Å². The monoisotopic (exact) mass is 234 g/mol. The predicted molar refractivity (Wildman–Crippen MR) is 71.2 cm³/mol. The van der Waals surface area contributed by atoms with Crippen molar-refractivity contribution in [3.8, 4) is 11.4 Å². The number of nitrogens with one attached hydrogen (secondary N) is 2. The Morgan fingerprint density at radius 1 is 0.833 bits per heavy atom. The average Bonchev–Trinajstić information content (AvgIpc) is 3.02. The van der Waals surface area contributed by atoms with Crippen LogP contribution in [0.1, 0.15) is 0 Å². The summed E-state index contributed by atoms with van der Waals surface area (Å²) in [6.45, 7) is 0. The van der Waals surface area contributed by atoms with Crippen molar-refractivity contribution in [2.75, 3.05) is 0 Å². The predicted octanol–water partition coefficient (Wildman–Crippen LogP) is 3.11. The van der Waals surface area contributed by atoms with Crippen molar-refractivity contribution in [3.63, 3.8) is 0 Å². The second kappa shape index (κ2) is 3.43. The van der Waals surface area contributed by atoms with Gasteiger partial charge in [-0.2, -0.15) is 0 Å². The van der Waals surface area contributed by atoms with E-state index in [1.165, 1.54) is 5.39 Å². The van der Waals surface area contributed by atoms with Gasteiger partial charge in [-0.3, -0.25) is 4.98 Å². The van der Waals surface area contributed by atoms with Crippen molar-refractivity contribution in [1.82, 2.24) is 19.9 Å².